The molecule has 2 heteroatoms. The first kappa shape index (κ1) is 7.03. The van der Waals surface area contributed by atoms with Crippen molar-refractivity contribution in [2.24, 2.45) is 5.73 Å². The summed E-state index contributed by atoms with van der Waals surface area (Å²) in [4.78, 5) is 0. The molecule has 2 nitrogen and oxygen atoms in total. The highest BCUT2D eigenvalue weighted by molar-refractivity contribution is 4.92. The molecule has 1 aliphatic heterocycles. The Balaban J connectivity index is 2.58. The number of hydrogen-bond donors (Lipinski definition) is 1. The lowest BCUT2D eigenvalue weighted by Crippen LogP contribution is -2.42. The van der Waals surface area contributed by atoms with E-state index in [0.717, 1.165) is 6.42 Å². The summed E-state index contributed by atoms with van der Waals surface area (Å²) in [5.41, 5.74) is 5.79. The highest BCUT2D eigenvalue weighted by Crippen LogP contribution is 2.26. The van der Waals surface area contributed by atoms with Crippen molar-refractivity contribution in [2.75, 3.05) is 0 Å². The third-order valence-corrected chi connectivity index (χ3v) is 2.09. The van der Waals surface area contributed by atoms with E-state index in [1.807, 2.05) is 13.8 Å². The number of rotatable bonds is 0. The lowest BCUT2D eigenvalue weighted by molar-refractivity contribution is 0.0530. The first-order valence-corrected chi connectivity index (χ1v) is 3.47. The van der Waals surface area contributed by atoms with Gasteiger partial charge in [0.05, 0.1) is 12.2 Å². The van der Waals surface area contributed by atoms with Crippen LogP contribution in [-0.4, -0.2) is 17.7 Å². The molecule has 0 aromatic carbocycles. The van der Waals surface area contributed by atoms with E-state index in [2.05, 4.69) is 6.92 Å². The summed E-state index contributed by atoms with van der Waals surface area (Å²) in [5.74, 6) is 0. The van der Waals surface area contributed by atoms with Crippen molar-refractivity contribution in [2.45, 2.75) is 44.9 Å². The van der Waals surface area contributed by atoms with E-state index in [1.54, 1.807) is 0 Å². The van der Waals surface area contributed by atoms with Crippen molar-refractivity contribution >= 4 is 0 Å². The summed E-state index contributed by atoms with van der Waals surface area (Å²) < 4.78 is 5.45. The Morgan fingerprint density at radius 1 is 1.56 bits per heavy atom. The fraction of sp³-hybridized carbons (Fsp3) is 1.00. The van der Waals surface area contributed by atoms with Crippen molar-refractivity contribution in [3.05, 3.63) is 0 Å². The molecule has 0 bridgehead atoms. The van der Waals surface area contributed by atoms with E-state index in [1.165, 1.54) is 0 Å². The molecule has 1 aliphatic rings. The molecule has 0 saturated carbocycles. The van der Waals surface area contributed by atoms with Crippen LogP contribution in [0.25, 0.3) is 0 Å². The van der Waals surface area contributed by atoms with Gasteiger partial charge in [0.25, 0.3) is 0 Å². The van der Waals surface area contributed by atoms with Gasteiger partial charge in [-0.1, -0.05) is 0 Å². The second-order valence-corrected chi connectivity index (χ2v) is 3.30. The van der Waals surface area contributed by atoms with E-state index >= 15 is 0 Å². The number of ether oxygens (including phenoxy) is 1. The molecule has 1 fully saturated rings. The Kier molecular flexibility index (Phi) is 1.53. The van der Waals surface area contributed by atoms with Gasteiger partial charge in [0.15, 0.2) is 0 Å². The molecule has 2 N–H and O–H groups in total. The van der Waals surface area contributed by atoms with E-state index in [4.69, 9.17) is 10.5 Å². The molecule has 0 aliphatic carbocycles. The highest BCUT2D eigenvalue weighted by Gasteiger charge is 2.36. The molecule has 0 spiro atoms. The van der Waals surface area contributed by atoms with Crippen LogP contribution < -0.4 is 5.73 Å². The second-order valence-electron chi connectivity index (χ2n) is 3.30. The zero-order chi connectivity index (χ0) is 7.07. The van der Waals surface area contributed by atoms with Crippen molar-refractivity contribution in [3.8, 4) is 0 Å². The van der Waals surface area contributed by atoms with Crippen LogP contribution in [0, 0.1) is 0 Å². The highest BCUT2D eigenvalue weighted by atomic mass is 16.5. The minimum absolute atomic E-state index is 0.0978. The van der Waals surface area contributed by atoms with Crippen molar-refractivity contribution in [1.82, 2.24) is 0 Å². The Labute approximate surface area is 56.4 Å². The van der Waals surface area contributed by atoms with Crippen LogP contribution in [0.3, 0.4) is 0 Å². The lowest BCUT2D eigenvalue weighted by Gasteiger charge is -2.20. The van der Waals surface area contributed by atoms with E-state index in [0.29, 0.717) is 6.10 Å². The number of hydrogen-bond acceptors (Lipinski definition) is 2. The minimum atomic E-state index is -0.0978. The average Bonchev–Trinajstić information content (AvgIpc) is 1.79. The summed E-state index contributed by atoms with van der Waals surface area (Å²) in [5, 5.41) is 0. The zero-order valence-corrected chi connectivity index (χ0v) is 6.35. The molecule has 1 rings (SSSR count). The molecule has 9 heavy (non-hydrogen) atoms. The summed E-state index contributed by atoms with van der Waals surface area (Å²) in [6.45, 7) is 6.14. The van der Waals surface area contributed by atoms with Crippen LogP contribution in [-0.2, 0) is 4.74 Å². The SMILES string of the molecule is CC1CC(C)(N)C(C)O1. The minimum Gasteiger partial charge on any atom is -0.374 e. The fourth-order valence-corrected chi connectivity index (χ4v) is 1.34. The van der Waals surface area contributed by atoms with Gasteiger partial charge in [-0.15, -0.1) is 0 Å². The third kappa shape index (κ3) is 1.25. The zero-order valence-electron chi connectivity index (χ0n) is 6.35. The van der Waals surface area contributed by atoms with Crippen LogP contribution in [0.2, 0.25) is 0 Å². The third-order valence-electron chi connectivity index (χ3n) is 2.09. The van der Waals surface area contributed by atoms with Crippen LogP contribution in [0.5, 0.6) is 0 Å². The molecule has 3 atom stereocenters. The predicted molar refractivity (Wildman–Crippen MR) is 37.2 cm³/mol. The Morgan fingerprint density at radius 3 is 2.22 bits per heavy atom. The van der Waals surface area contributed by atoms with Gasteiger partial charge in [-0.3, -0.25) is 0 Å². The van der Waals surface area contributed by atoms with Crippen LogP contribution >= 0.6 is 0 Å². The van der Waals surface area contributed by atoms with Gasteiger partial charge >= 0.3 is 0 Å². The molecule has 1 saturated heterocycles. The Hall–Kier alpha value is -0.0800. The summed E-state index contributed by atoms with van der Waals surface area (Å²) >= 11 is 0. The maximum Gasteiger partial charge on any atom is 0.0728 e. The summed E-state index contributed by atoms with van der Waals surface area (Å²) in [6.07, 6.45) is 1.54. The van der Waals surface area contributed by atoms with Crippen LogP contribution in [0.1, 0.15) is 27.2 Å². The molecular formula is C7H15NO. The molecule has 0 aromatic heterocycles. The maximum atomic E-state index is 5.89. The van der Waals surface area contributed by atoms with Crippen molar-refractivity contribution < 1.29 is 4.74 Å². The Bertz CT molecular complexity index is 111. The van der Waals surface area contributed by atoms with Gasteiger partial charge in [-0.2, -0.15) is 0 Å². The average molecular weight is 129 g/mol. The van der Waals surface area contributed by atoms with Gasteiger partial charge in [0, 0.05) is 5.54 Å². The smallest absolute Gasteiger partial charge is 0.0728 e. The molecule has 1 heterocycles. The fourth-order valence-electron chi connectivity index (χ4n) is 1.34. The normalized spacial score (nSPS) is 52.0. The van der Waals surface area contributed by atoms with Crippen LogP contribution in [0.4, 0.5) is 0 Å². The van der Waals surface area contributed by atoms with Gasteiger partial charge in [-0.25, -0.2) is 0 Å². The van der Waals surface area contributed by atoms with E-state index < -0.39 is 0 Å². The van der Waals surface area contributed by atoms with Crippen molar-refractivity contribution in [1.29, 1.82) is 0 Å². The standard InChI is InChI=1S/C7H15NO/c1-5-4-7(3,8)6(2)9-5/h5-6H,4,8H2,1-3H3. The predicted octanol–water partition coefficient (Wildman–Crippen LogP) is 0.901. The maximum absolute atomic E-state index is 5.89. The van der Waals surface area contributed by atoms with Gasteiger partial charge in [0.2, 0.25) is 0 Å². The topological polar surface area (TPSA) is 35.2 Å². The van der Waals surface area contributed by atoms with E-state index in [-0.39, 0.29) is 11.6 Å². The van der Waals surface area contributed by atoms with Gasteiger partial charge < -0.3 is 10.5 Å². The van der Waals surface area contributed by atoms with E-state index in [9.17, 15) is 0 Å². The Morgan fingerprint density at radius 2 is 2.11 bits per heavy atom. The van der Waals surface area contributed by atoms with Gasteiger partial charge in [0.1, 0.15) is 0 Å². The first-order valence-electron chi connectivity index (χ1n) is 3.47. The lowest BCUT2D eigenvalue weighted by atomic mass is 9.95. The van der Waals surface area contributed by atoms with Gasteiger partial charge in [-0.05, 0) is 27.2 Å². The summed E-state index contributed by atoms with van der Waals surface area (Å²) in [6, 6.07) is 0. The second kappa shape index (κ2) is 1.96. The van der Waals surface area contributed by atoms with Crippen LogP contribution in [0.15, 0.2) is 0 Å². The molecule has 0 aromatic rings. The molecule has 54 valence electrons. The largest absolute Gasteiger partial charge is 0.374 e. The molecule has 0 amide bonds. The quantitative estimate of drug-likeness (QED) is 0.527. The first-order chi connectivity index (χ1) is 4.02. The van der Waals surface area contributed by atoms with Crippen molar-refractivity contribution in [3.63, 3.8) is 0 Å². The number of nitrogens with two attached hydrogens (primary N) is 1. The monoisotopic (exact) mass is 129 g/mol. The molecule has 0 radical (unpaired) electrons. The molecular weight excluding hydrogens is 114 g/mol. The summed E-state index contributed by atoms with van der Waals surface area (Å²) in [7, 11) is 0. The molecule has 3 unspecified atom stereocenters.